The Morgan fingerprint density at radius 2 is 1.85 bits per heavy atom. The van der Waals surface area contributed by atoms with Crippen molar-refractivity contribution in [2.45, 2.75) is 26.3 Å². The summed E-state index contributed by atoms with van der Waals surface area (Å²) in [6.45, 7) is 4.09. The Morgan fingerprint density at radius 3 is 2.62 bits per heavy atom. The Balaban J connectivity index is 1.50. The molecule has 1 atom stereocenters. The van der Waals surface area contributed by atoms with Crippen LogP contribution in [0.2, 0.25) is 0 Å². The van der Waals surface area contributed by atoms with E-state index in [9.17, 15) is 9.59 Å². The van der Waals surface area contributed by atoms with Gasteiger partial charge in [0.25, 0.3) is 0 Å². The molecule has 0 spiro atoms. The Morgan fingerprint density at radius 1 is 1.12 bits per heavy atom. The summed E-state index contributed by atoms with van der Waals surface area (Å²) in [4.78, 5) is 28.6. The summed E-state index contributed by atoms with van der Waals surface area (Å²) in [5, 5.41) is 5.63. The molecule has 0 saturated heterocycles. The lowest BCUT2D eigenvalue weighted by Crippen LogP contribution is -2.33. The fourth-order valence-corrected chi connectivity index (χ4v) is 2.72. The van der Waals surface area contributed by atoms with E-state index in [1.807, 2.05) is 66.9 Å². The van der Waals surface area contributed by atoms with E-state index in [-0.39, 0.29) is 24.8 Å². The van der Waals surface area contributed by atoms with Crippen molar-refractivity contribution in [3.05, 3.63) is 60.4 Å². The molecule has 134 valence electrons. The van der Waals surface area contributed by atoms with E-state index < -0.39 is 6.04 Å². The number of benzene rings is 2. The van der Waals surface area contributed by atoms with E-state index in [2.05, 4.69) is 15.6 Å². The van der Waals surface area contributed by atoms with Crippen molar-refractivity contribution in [2.24, 2.45) is 0 Å². The molecule has 2 N–H and O–H groups in total. The molecule has 26 heavy (non-hydrogen) atoms. The van der Waals surface area contributed by atoms with Gasteiger partial charge in [-0.15, -0.1) is 0 Å². The van der Waals surface area contributed by atoms with Crippen LogP contribution in [-0.2, 0) is 9.59 Å². The summed E-state index contributed by atoms with van der Waals surface area (Å²) in [5.41, 5.74) is 3.65. The second-order valence-electron chi connectivity index (χ2n) is 6.27. The van der Waals surface area contributed by atoms with E-state index in [1.54, 1.807) is 6.33 Å². The Bertz CT molecular complexity index is 915. The van der Waals surface area contributed by atoms with Gasteiger partial charge in [0, 0.05) is 18.7 Å². The summed E-state index contributed by atoms with van der Waals surface area (Å²) in [5.74, 6) is -0.272. The summed E-state index contributed by atoms with van der Waals surface area (Å²) in [6, 6.07) is 14.9. The van der Waals surface area contributed by atoms with Crippen molar-refractivity contribution in [1.29, 1.82) is 0 Å². The Labute approximate surface area is 152 Å². The van der Waals surface area contributed by atoms with Gasteiger partial charge >= 0.3 is 0 Å². The van der Waals surface area contributed by atoms with Crippen LogP contribution in [-0.4, -0.2) is 27.9 Å². The van der Waals surface area contributed by atoms with Gasteiger partial charge in [-0.05, 0) is 38.1 Å². The van der Waals surface area contributed by atoms with Crippen molar-refractivity contribution in [3.8, 4) is 0 Å². The zero-order valence-corrected chi connectivity index (χ0v) is 14.9. The number of para-hydroxylation sites is 2. The van der Waals surface area contributed by atoms with Crippen molar-refractivity contribution in [2.75, 3.05) is 11.9 Å². The van der Waals surface area contributed by atoms with Crippen molar-refractivity contribution < 1.29 is 9.59 Å². The van der Waals surface area contributed by atoms with Gasteiger partial charge in [-0.3, -0.25) is 9.59 Å². The monoisotopic (exact) mass is 350 g/mol. The lowest BCUT2D eigenvalue weighted by molar-refractivity contribution is -0.123. The lowest BCUT2D eigenvalue weighted by Gasteiger charge is -2.14. The zero-order valence-electron chi connectivity index (χ0n) is 14.9. The van der Waals surface area contributed by atoms with Crippen molar-refractivity contribution >= 4 is 28.5 Å². The van der Waals surface area contributed by atoms with Gasteiger partial charge in [-0.25, -0.2) is 4.98 Å². The maximum atomic E-state index is 12.4. The maximum Gasteiger partial charge on any atom is 0.242 e. The lowest BCUT2D eigenvalue weighted by atomic mass is 10.2. The SMILES string of the molecule is Cc1ccc(NC(=O)CCNC(=O)C(C)n2cnc3ccccc32)cc1. The largest absolute Gasteiger partial charge is 0.354 e. The highest BCUT2D eigenvalue weighted by molar-refractivity contribution is 5.91. The molecule has 1 aromatic heterocycles. The number of hydrogen-bond acceptors (Lipinski definition) is 3. The molecule has 3 rings (SSSR count). The number of nitrogens with zero attached hydrogens (tertiary/aromatic N) is 2. The minimum absolute atomic E-state index is 0.130. The standard InChI is InChI=1S/C20H22N4O2/c1-14-7-9-16(10-8-14)23-19(25)11-12-21-20(26)15(2)24-13-22-17-5-3-4-6-18(17)24/h3-10,13,15H,11-12H2,1-2H3,(H,21,26)(H,23,25). The van der Waals surface area contributed by atoms with E-state index in [4.69, 9.17) is 0 Å². The number of aromatic nitrogens is 2. The van der Waals surface area contributed by atoms with E-state index in [0.29, 0.717) is 0 Å². The number of carbonyl (C=O) groups is 2. The van der Waals surface area contributed by atoms with Gasteiger partial charge in [-0.2, -0.15) is 0 Å². The molecule has 0 radical (unpaired) electrons. The Hall–Kier alpha value is -3.15. The molecule has 0 saturated carbocycles. The third-order valence-electron chi connectivity index (χ3n) is 4.26. The summed E-state index contributed by atoms with van der Waals surface area (Å²) in [7, 11) is 0. The fourth-order valence-electron chi connectivity index (χ4n) is 2.72. The molecule has 0 aliphatic carbocycles. The van der Waals surface area contributed by atoms with Gasteiger partial charge in [-0.1, -0.05) is 29.8 Å². The third-order valence-corrected chi connectivity index (χ3v) is 4.26. The first kappa shape index (κ1) is 17.7. The molecule has 2 aromatic carbocycles. The van der Waals surface area contributed by atoms with E-state index >= 15 is 0 Å². The molecule has 3 aromatic rings. The minimum atomic E-state index is -0.400. The van der Waals surface area contributed by atoms with Crippen LogP contribution >= 0.6 is 0 Å². The fraction of sp³-hybridized carbons (Fsp3) is 0.250. The number of fused-ring (bicyclic) bond motifs is 1. The third kappa shape index (κ3) is 4.08. The summed E-state index contributed by atoms with van der Waals surface area (Å²) < 4.78 is 1.83. The second-order valence-corrected chi connectivity index (χ2v) is 6.27. The summed E-state index contributed by atoms with van der Waals surface area (Å²) in [6.07, 6.45) is 1.88. The van der Waals surface area contributed by atoms with Crippen LogP contribution in [0, 0.1) is 6.92 Å². The van der Waals surface area contributed by atoms with Crippen LogP contribution in [0.25, 0.3) is 11.0 Å². The number of carbonyl (C=O) groups excluding carboxylic acids is 2. The van der Waals surface area contributed by atoms with Crippen molar-refractivity contribution in [3.63, 3.8) is 0 Å². The number of hydrogen-bond donors (Lipinski definition) is 2. The van der Waals surface area contributed by atoms with Gasteiger partial charge < -0.3 is 15.2 Å². The quantitative estimate of drug-likeness (QED) is 0.717. The first-order valence-corrected chi connectivity index (χ1v) is 8.60. The highest BCUT2D eigenvalue weighted by Gasteiger charge is 2.17. The smallest absolute Gasteiger partial charge is 0.242 e. The second kappa shape index (κ2) is 7.82. The highest BCUT2D eigenvalue weighted by atomic mass is 16.2. The molecule has 0 aliphatic rings. The molecule has 6 heteroatoms. The first-order chi connectivity index (χ1) is 12.5. The number of imidazole rings is 1. The van der Waals surface area contributed by atoms with Crippen LogP contribution < -0.4 is 10.6 Å². The predicted octanol–water partition coefficient (Wildman–Crippen LogP) is 3.05. The number of amides is 2. The predicted molar refractivity (Wildman–Crippen MR) is 102 cm³/mol. The average Bonchev–Trinajstić information content (AvgIpc) is 3.07. The van der Waals surface area contributed by atoms with Gasteiger partial charge in [0.2, 0.25) is 11.8 Å². The molecular weight excluding hydrogens is 328 g/mol. The molecular formula is C20H22N4O2. The van der Waals surface area contributed by atoms with Crippen LogP contribution in [0.15, 0.2) is 54.9 Å². The van der Waals surface area contributed by atoms with E-state index in [1.165, 1.54) is 0 Å². The molecule has 2 amide bonds. The number of aryl methyl sites for hydroxylation is 1. The average molecular weight is 350 g/mol. The summed E-state index contributed by atoms with van der Waals surface area (Å²) >= 11 is 0. The van der Waals surface area contributed by atoms with Crippen LogP contribution in [0.1, 0.15) is 24.9 Å². The number of anilines is 1. The molecule has 0 bridgehead atoms. The molecule has 1 heterocycles. The zero-order chi connectivity index (χ0) is 18.5. The molecule has 0 fully saturated rings. The van der Waals surface area contributed by atoms with Crippen LogP contribution in [0.3, 0.4) is 0 Å². The van der Waals surface area contributed by atoms with Gasteiger partial charge in [0.15, 0.2) is 0 Å². The number of nitrogens with one attached hydrogen (secondary N) is 2. The van der Waals surface area contributed by atoms with Gasteiger partial charge in [0.05, 0.1) is 17.4 Å². The number of rotatable bonds is 6. The van der Waals surface area contributed by atoms with Crippen LogP contribution in [0.4, 0.5) is 5.69 Å². The van der Waals surface area contributed by atoms with E-state index in [0.717, 1.165) is 22.3 Å². The maximum absolute atomic E-state index is 12.4. The van der Waals surface area contributed by atoms with Crippen molar-refractivity contribution in [1.82, 2.24) is 14.9 Å². The Kier molecular flexibility index (Phi) is 5.31. The molecule has 1 unspecified atom stereocenters. The molecule has 0 aliphatic heterocycles. The normalized spacial score (nSPS) is 11.9. The van der Waals surface area contributed by atoms with Crippen LogP contribution in [0.5, 0.6) is 0 Å². The first-order valence-electron chi connectivity index (χ1n) is 8.60. The molecule has 6 nitrogen and oxygen atoms in total. The minimum Gasteiger partial charge on any atom is -0.354 e. The topological polar surface area (TPSA) is 76.0 Å². The highest BCUT2D eigenvalue weighted by Crippen LogP contribution is 2.17. The van der Waals surface area contributed by atoms with Gasteiger partial charge in [0.1, 0.15) is 6.04 Å².